The van der Waals surface area contributed by atoms with Crippen molar-refractivity contribution in [2.24, 2.45) is 12.8 Å². The van der Waals surface area contributed by atoms with Crippen molar-refractivity contribution >= 4 is 35.8 Å². The lowest BCUT2D eigenvalue weighted by Gasteiger charge is -2.35. The van der Waals surface area contributed by atoms with Gasteiger partial charge in [-0.25, -0.2) is 0 Å². The van der Waals surface area contributed by atoms with Crippen molar-refractivity contribution in [3.8, 4) is 0 Å². The van der Waals surface area contributed by atoms with Gasteiger partial charge in [0.2, 0.25) is 12.3 Å². The second kappa shape index (κ2) is 24.9. The second-order valence-corrected chi connectivity index (χ2v) is 11.8. The Morgan fingerprint density at radius 2 is 1.19 bits per heavy atom. The van der Waals surface area contributed by atoms with Crippen LogP contribution in [0.5, 0.6) is 0 Å². The first-order valence-corrected chi connectivity index (χ1v) is 17.6. The zero-order valence-corrected chi connectivity index (χ0v) is 31.5. The van der Waals surface area contributed by atoms with Gasteiger partial charge in [0.15, 0.2) is 0 Å². The standard InChI is InChI=1S/C20H17NO.C13H17N3O.C7H6O.C4H8O.CH4O/c22-16-21-20(17-10-4-1-5-11-17,18-12-6-2-7-13-18)19-14-8-3-9-15-19;1-15-11(13(14)17)7-9-8-16(2)12-6-4-3-5-10(9)12;8-6-7-4-2-1-3-5-7;1-2-3-4-5;1-2/h1-16H,(H,21,22);3-6,8,11,15H,7H2,1-2H3,(H2,14,17);1-6H;4H,2-3H2,1H3;2H,1H3. The largest absolute Gasteiger partial charge is 0.400 e. The summed E-state index contributed by atoms with van der Waals surface area (Å²) >= 11 is 0. The molecule has 5 N–H and O–H groups in total. The summed E-state index contributed by atoms with van der Waals surface area (Å²) in [7, 11) is 4.75. The molecular weight excluding hydrogens is 677 g/mol. The molecule has 6 aromatic rings. The second-order valence-electron chi connectivity index (χ2n) is 11.8. The van der Waals surface area contributed by atoms with E-state index < -0.39 is 5.54 Å². The molecule has 0 aliphatic heterocycles. The van der Waals surface area contributed by atoms with E-state index in [-0.39, 0.29) is 11.9 Å². The smallest absolute Gasteiger partial charge is 0.234 e. The molecule has 5 aromatic carbocycles. The van der Waals surface area contributed by atoms with Crippen molar-refractivity contribution < 1.29 is 24.3 Å². The van der Waals surface area contributed by atoms with Crippen molar-refractivity contribution in [1.82, 2.24) is 15.2 Å². The van der Waals surface area contributed by atoms with Crippen LogP contribution in [0.1, 0.15) is 52.4 Å². The Kier molecular flexibility index (Phi) is 20.3. The van der Waals surface area contributed by atoms with Gasteiger partial charge in [0.25, 0.3) is 0 Å². The van der Waals surface area contributed by atoms with E-state index in [0.29, 0.717) is 12.8 Å². The van der Waals surface area contributed by atoms with Crippen LogP contribution in [0, 0.1) is 0 Å². The van der Waals surface area contributed by atoms with Crippen LogP contribution in [0.15, 0.2) is 152 Å². The number of carbonyl (C=O) groups excluding carboxylic acids is 4. The van der Waals surface area contributed by atoms with Crippen LogP contribution in [0.2, 0.25) is 0 Å². The first kappa shape index (κ1) is 44.0. The van der Waals surface area contributed by atoms with Crippen molar-refractivity contribution in [3.05, 3.63) is 180 Å². The van der Waals surface area contributed by atoms with Crippen LogP contribution in [-0.4, -0.2) is 54.8 Å². The average molecular weight is 729 g/mol. The lowest BCUT2D eigenvalue weighted by atomic mass is 9.77. The number of rotatable bonds is 12. The Bertz CT molecular complexity index is 1840. The van der Waals surface area contributed by atoms with Crippen molar-refractivity contribution in [2.45, 2.75) is 37.8 Å². The van der Waals surface area contributed by atoms with Crippen molar-refractivity contribution in [3.63, 3.8) is 0 Å². The SMILES string of the molecule is CCCC=O.CNC(Cc1cn(C)c2ccccc12)C(N)=O.CO.O=CNC(c1ccccc1)(c1ccccc1)c1ccccc1.O=Cc1ccccc1. The number of likely N-dealkylation sites (N-methyl/N-ethyl adjacent to an activating group) is 1. The number of para-hydroxylation sites is 1. The molecule has 2 amide bonds. The van der Waals surface area contributed by atoms with Crippen LogP contribution in [0.3, 0.4) is 0 Å². The number of benzene rings is 5. The summed E-state index contributed by atoms with van der Waals surface area (Å²) in [5, 5.41) is 14.2. The minimum absolute atomic E-state index is 0.319. The van der Waals surface area contributed by atoms with Gasteiger partial charge in [-0.05, 0) is 48.2 Å². The Balaban J connectivity index is 0.000000277. The molecule has 0 spiro atoms. The Morgan fingerprint density at radius 3 is 1.54 bits per heavy atom. The van der Waals surface area contributed by atoms with Gasteiger partial charge >= 0.3 is 0 Å². The number of aryl methyl sites for hydroxylation is 1. The molecule has 0 fully saturated rings. The van der Waals surface area contributed by atoms with E-state index in [2.05, 4.69) is 33.5 Å². The fraction of sp³-hybridized carbons (Fsp3) is 0.200. The van der Waals surface area contributed by atoms with E-state index in [1.165, 1.54) is 10.9 Å². The summed E-state index contributed by atoms with van der Waals surface area (Å²) in [6.45, 7) is 1.98. The first-order chi connectivity index (χ1) is 26.4. The molecule has 6 rings (SSSR count). The van der Waals surface area contributed by atoms with Crippen LogP contribution < -0.4 is 16.4 Å². The highest BCUT2D eigenvalue weighted by atomic mass is 16.2. The van der Waals surface area contributed by atoms with Gasteiger partial charge in [-0.15, -0.1) is 0 Å². The highest BCUT2D eigenvalue weighted by molar-refractivity contribution is 5.86. The van der Waals surface area contributed by atoms with E-state index in [1.54, 1.807) is 19.2 Å². The molecule has 1 aromatic heterocycles. The molecule has 0 radical (unpaired) electrons. The molecule has 0 aliphatic carbocycles. The van der Waals surface area contributed by atoms with Crippen LogP contribution in [-0.2, 0) is 33.4 Å². The number of carbonyl (C=O) groups is 4. The van der Waals surface area contributed by atoms with Gasteiger partial charge in [-0.3, -0.25) is 14.4 Å². The fourth-order valence-electron chi connectivity index (χ4n) is 5.71. The molecule has 0 aliphatic rings. The normalized spacial score (nSPS) is 10.5. The Labute approximate surface area is 318 Å². The van der Waals surface area contributed by atoms with E-state index in [0.717, 1.165) is 60.3 Å². The van der Waals surface area contributed by atoms with Crippen molar-refractivity contribution in [1.29, 1.82) is 0 Å². The van der Waals surface area contributed by atoms with E-state index in [9.17, 15) is 19.2 Å². The number of aldehydes is 2. The number of aliphatic hydroxyl groups is 1. The molecule has 54 heavy (non-hydrogen) atoms. The summed E-state index contributed by atoms with van der Waals surface area (Å²) in [5.41, 5.74) is 10.8. The molecule has 1 heterocycles. The number of hydrogen-bond donors (Lipinski definition) is 4. The molecule has 282 valence electrons. The topological polar surface area (TPSA) is 144 Å². The minimum Gasteiger partial charge on any atom is -0.400 e. The first-order valence-electron chi connectivity index (χ1n) is 17.6. The number of nitrogens with one attached hydrogen (secondary N) is 2. The summed E-state index contributed by atoms with van der Waals surface area (Å²) < 4.78 is 2.07. The molecule has 1 atom stereocenters. The number of hydrogen-bond acceptors (Lipinski definition) is 6. The third-order valence-corrected chi connectivity index (χ3v) is 8.33. The predicted octanol–water partition coefficient (Wildman–Crippen LogP) is 6.61. The lowest BCUT2D eigenvalue weighted by Crippen LogP contribution is -2.43. The molecule has 1 unspecified atom stereocenters. The number of amides is 2. The molecule has 0 bridgehead atoms. The Hall–Kier alpha value is -6.16. The summed E-state index contributed by atoms with van der Waals surface area (Å²) in [5.74, 6) is -0.319. The number of aromatic nitrogens is 1. The van der Waals surface area contributed by atoms with Gasteiger partial charge in [0.05, 0.1) is 6.04 Å². The van der Waals surface area contributed by atoms with Crippen LogP contribution in [0.4, 0.5) is 0 Å². The molecule has 0 saturated carbocycles. The fourth-order valence-corrected chi connectivity index (χ4v) is 5.71. The quantitative estimate of drug-likeness (QED) is 0.0825. The number of unbranched alkanes of at least 4 members (excludes halogenated alkanes) is 1. The maximum atomic E-state index is 11.4. The maximum absolute atomic E-state index is 11.4. The number of aliphatic hydroxyl groups excluding tert-OH is 1. The van der Waals surface area contributed by atoms with Gasteiger partial charge in [-0.2, -0.15) is 0 Å². The monoisotopic (exact) mass is 728 g/mol. The van der Waals surface area contributed by atoms with Gasteiger partial charge in [0, 0.05) is 43.2 Å². The van der Waals surface area contributed by atoms with E-state index in [1.807, 2.05) is 135 Å². The zero-order valence-electron chi connectivity index (χ0n) is 31.5. The minimum atomic E-state index is -0.689. The Morgan fingerprint density at radius 1 is 0.741 bits per heavy atom. The summed E-state index contributed by atoms with van der Waals surface area (Å²) in [4.78, 5) is 42.1. The van der Waals surface area contributed by atoms with Gasteiger partial charge in [-0.1, -0.05) is 146 Å². The zero-order chi connectivity index (χ0) is 39.6. The van der Waals surface area contributed by atoms with Crippen molar-refractivity contribution in [2.75, 3.05) is 14.2 Å². The van der Waals surface area contributed by atoms with Crippen LogP contribution in [0.25, 0.3) is 10.9 Å². The predicted molar refractivity (Wildman–Crippen MR) is 218 cm³/mol. The summed E-state index contributed by atoms with van der Waals surface area (Å²) in [6.07, 6.45) is 6.89. The highest BCUT2D eigenvalue weighted by Crippen LogP contribution is 2.36. The highest BCUT2D eigenvalue weighted by Gasteiger charge is 2.35. The summed E-state index contributed by atoms with van der Waals surface area (Å²) in [6, 6.07) is 47.0. The number of primary amides is 1. The number of nitrogens with two attached hydrogens (primary N) is 1. The molecule has 9 nitrogen and oxygen atoms in total. The lowest BCUT2D eigenvalue weighted by molar-refractivity contribution is -0.119. The third-order valence-electron chi connectivity index (χ3n) is 8.33. The maximum Gasteiger partial charge on any atom is 0.234 e. The number of fused-ring (bicyclic) bond motifs is 1. The molecular formula is C45H52N4O5. The van der Waals surface area contributed by atoms with E-state index >= 15 is 0 Å². The van der Waals surface area contributed by atoms with E-state index in [4.69, 9.17) is 10.8 Å². The third kappa shape index (κ3) is 12.8. The average Bonchev–Trinajstić information content (AvgIpc) is 3.56. The van der Waals surface area contributed by atoms with Gasteiger partial charge in [0.1, 0.15) is 18.1 Å². The molecule has 0 saturated heterocycles. The molecule has 9 heteroatoms. The number of nitrogens with zero attached hydrogens (tertiary/aromatic N) is 1. The van der Waals surface area contributed by atoms with Gasteiger partial charge < -0.3 is 30.8 Å². The van der Waals surface area contributed by atoms with Crippen LogP contribution >= 0.6 is 0 Å².